The number of carbonyl (C=O) groups excluding carboxylic acids is 2. The average molecular weight is 296 g/mol. The van der Waals surface area contributed by atoms with E-state index in [4.69, 9.17) is 0 Å². The Labute approximate surface area is 130 Å². The molecule has 0 fully saturated rings. The molecule has 0 N–H and O–H groups in total. The molecule has 0 aliphatic heterocycles. The number of esters is 1. The maximum Gasteiger partial charge on any atom is 0.379 e. The number of ether oxygens (including phenoxy) is 1. The summed E-state index contributed by atoms with van der Waals surface area (Å²) in [5, 5.41) is 0. The molecular weight excluding hydrogens is 264 g/mol. The lowest BCUT2D eigenvalue weighted by Gasteiger charge is -2.02. The minimum Gasteiger partial charge on any atom is -0.429 e. The van der Waals surface area contributed by atoms with Crippen molar-refractivity contribution < 1.29 is 14.3 Å². The number of rotatable bonds is 15. The molecule has 3 nitrogen and oxygen atoms in total. The van der Waals surface area contributed by atoms with Gasteiger partial charge in [-0.05, 0) is 6.42 Å². The zero-order valence-corrected chi connectivity index (χ0v) is 13.7. The van der Waals surface area contributed by atoms with E-state index in [0.717, 1.165) is 25.5 Å². The molecule has 0 rings (SSSR count). The van der Waals surface area contributed by atoms with E-state index in [1.165, 1.54) is 57.8 Å². The fourth-order valence-electron chi connectivity index (χ4n) is 2.37. The topological polar surface area (TPSA) is 43.4 Å². The van der Waals surface area contributed by atoms with Crippen LogP contribution in [0.1, 0.15) is 90.4 Å². The summed E-state index contributed by atoms with van der Waals surface area (Å²) in [6, 6.07) is 0. The fraction of sp³-hybridized carbons (Fsp3) is 0.778. The molecule has 0 heterocycles. The molecule has 0 atom stereocenters. The molecule has 0 aromatic heterocycles. The third-order valence-corrected chi connectivity index (χ3v) is 3.68. The maximum atomic E-state index is 11.3. The third kappa shape index (κ3) is 13.6. The second-order valence-corrected chi connectivity index (χ2v) is 5.63. The Hall–Kier alpha value is -1.12. The number of unbranched alkanes of at least 4 members (excludes halogenated alkanes) is 11. The van der Waals surface area contributed by atoms with Gasteiger partial charge in [-0.1, -0.05) is 84.1 Å². The van der Waals surface area contributed by atoms with Crippen LogP contribution in [0.25, 0.3) is 0 Å². The average Bonchev–Trinajstić information content (AvgIpc) is 2.48. The van der Waals surface area contributed by atoms with Crippen molar-refractivity contribution in [1.82, 2.24) is 0 Å². The highest BCUT2D eigenvalue weighted by molar-refractivity contribution is 6.33. The van der Waals surface area contributed by atoms with Gasteiger partial charge in [0, 0.05) is 6.42 Å². The van der Waals surface area contributed by atoms with Gasteiger partial charge >= 0.3 is 5.97 Å². The van der Waals surface area contributed by atoms with E-state index in [9.17, 15) is 9.59 Å². The Morgan fingerprint density at radius 2 is 1.24 bits per heavy atom. The van der Waals surface area contributed by atoms with Gasteiger partial charge in [0.25, 0.3) is 0 Å². The summed E-state index contributed by atoms with van der Waals surface area (Å²) in [5.74, 6) is -1.23. The van der Waals surface area contributed by atoms with Crippen molar-refractivity contribution in [2.45, 2.75) is 90.4 Å². The van der Waals surface area contributed by atoms with E-state index in [0.29, 0.717) is 6.42 Å². The van der Waals surface area contributed by atoms with Crippen LogP contribution < -0.4 is 0 Å². The summed E-state index contributed by atoms with van der Waals surface area (Å²) < 4.78 is 4.44. The molecule has 0 radical (unpaired) electrons. The molecule has 21 heavy (non-hydrogen) atoms. The van der Waals surface area contributed by atoms with Crippen molar-refractivity contribution in [3.63, 3.8) is 0 Å². The number of hydrogen-bond donors (Lipinski definition) is 0. The molecule has 0 aliphatic rings. The lowest BCUT2D eigenvalue weighted by atomic mass is 10.0. The first-order valence-electron chi connectivity index (χ1n) is 8.57. The molecular formula is C18H32O3. The SMILES string of the molecule is C=COC(=O)C(=O)CCCCCCCCCCCCCC. The van der Waals surface area contributed by atoms with Crippen molar-refractivity contribution in [3.8, 4) is 0 Å². The lowest BCUT2D eigenvalue weighted by molar-refractivity contribution is -0.149. The summed E-state index contributed by atoms with van der Waals surface area (Å²) in [5.41, 5.74) is 0. The predicted molar refractivity (Wildman–Crippen MR) is 87.0 cm³/mol. The fourth-order valence-corrected chi connectivity index (χ4v) is 2.37. The van der Waals surface area contributed by atoms with Crippen LogP contribution >= 0.6 is 0 Å². The van der Waals surface area contributed by atoms with Crippen LogP contribution in [0.5, 0.6) is 0 Å². The molecule has 0 saturated heterocycles. The highest BCUT2D eigenvalue weighted by atomic mass is 16.5. The molecule has 0 saturated carbocycles. The van der Waals surface area contributed by atoms with E-state index < -0.39 is 11.8 Å². The van der Waals surface area contributed by atoms with Gasteiger partial charge in [-0.15, -0.1) is 0 Å². The summed E-state index contributed by atoms with van der Waals surface area (Å²) in [6.45, 7) is 5.50. The number of hydrogen-bond acceptors (Lipinski definition) is 3. The van der Waals surface area contributed by atoms with Gasteiger partial charge in [-0.25, -0.2) is 4.79 Å². The Balaban J connectivity index is 3.20. The summed E-state index contributed by atoms with van der Waals surface area (Å²) in [7, 11) is 0. The molecule has 0 unspecified atom stereocenters. The molecule has 0 aromatic carbocycles. The van der Waals surface area contributed by atoms with Gasteiger partial charge in [0.1, 0.15) is 0 Å². The Morgan fingerprint density at radius 1 is 0.810 bits per heavy atom. The van der Waals surface area contributed by atoms with Crippen LogP contribution in [-0.2, 0) is 14.3 Å². The lowest BCUT2D eigenvalue weighted by Crippen LogP contribution is -2.14. The highest BCUT2D eigenvalue weighted by Crippen LogP contribution is 2.12. The van der Waals surface area contributed by atoms with Gasteiger partial charge < -0.3 is 4.74 Å². The largest absolute Gasteiger partial charge is 0.429 e. The van der Waals surface area contributed by atoms with Crippen molar-refractivity contribution in [2.24, 2.45) is 0 Å². The summed E-state index contributed by atoms with van der Waals surface area (Å²) >= 11 is 0. The minimum absolute atomic E-state index is 0.296. The van der Waals surface area contributed by atoms with Gasteiger partial charge in [0.15, 0.2) is 0 Å². The molecule has 0 aliphatic carbocycles. The first-order valence-corrected chi connectivity index (χ1v) is 8.57. The van der Waals surface area contributed by atoms with E-state index >= 15 is 0 Å². The summed E-state index contributed by atoms with van der Waals surface area (Å²) in [6.07, 6.45) is 16.3. The van der Waals surface area contributed by atoms with Crippen LogP contribution in [0.4, 0.5) is 0 Å². The predicted octanol–water partition coefficient (Wildman–Crippen LogP) is 5.33. The van der Waals surface area contributed by atoms with Gasteiger partial charge in [0.05, 0.1) is 6.26 Å². The zero-order chi connectivity index (χ0) is 15.8. The van der Waals surface area contributed by atoms with Crippen molar-refractivity contribution in [1.29, 1.82) is 0 Å². The first kappa shape index (κ1) is 19.9. The van der Waals surface area contributed by atoms with Crippen LogP contribution in [-0.4, -0.2) is 11.8 Å². The van der Waals surface area contributed by atoms with Gasteiger partial charge in [-0.2, -0.15) is 0 Å². The van der Waals surface area contributed by atoms with Crippen molar-refractivity contribution in [2.75, 3.05) is 0 Å². The molecule has 0 aromatic rings. The zero-order valence-electron chi connectivity index (χ0n) is 13.7. The van der Waals surface area contributed by atoms with E-state index in [2.05, 4.69) is 18.2 Å². The monoisotopic (exact) mass is 296 g/mol. The smallest absolute Gasteiger partial charge is 0.379 e. The Bertz CT molecular complexity index is 284. The Kier molecular flexibility index (Phi) is 14.5. The van der Waals surface area contributed by atoms with Crippen molar-refractivity contribution >= 4 is 11.8 Å². The Morgan fingerprint density at radius 3 is 1.67 bits per heavy atom. The number of carbonyl (C=O) groups is 2. The maximum absolute atomic E-state index is 11.3. The molecule has 3 heteroatoms. The van der Waals surface area contributed by atoms with Gasteiger partial charge in [0.2, 0.25) is 5.78 Å². The van der Waals surface area contributed by atoms with E-state index in [-0.39, 0.29) is 0 Å². The molecule has 122 valence electrons. The number of ketones is 1. The second-order valence-electron chi connectivity index (χ2n) is 5.63. The van der Waals surface area contributed by atoms with Crippen LogP contribution in [0, 0.1) is 0 Å². The first-order chi connectivity index (χ1) is 10.2. The summed E-state index contributed by atoms with van der Waals surface area (Å²) in [4.78, 5) is 22.3. The quantitative estimate of drug-likeness (QED) is 0.177. The normalized spacial score (nSPS) is 10.3. The van der Waals surface area contributed by atoms with E-state index in [1.54, 1.807) is 0 Å². The van der Waals surface area contributed by atoms with E-state index in [1.807, 2.05) is 0 Å². The minimum atomic E-state index is -0.784. The standard InChI is InChI=1S/C18H32O3/c1-3-5-6-7-8-9-10-11-12-13-14-15-16-17(19)18(20)21-4-2/h4H,2-3,5-16H2,1H3. The third-order valence-electron chi connectivity index (χ3n) is 3.68. The molecule has 0 bridgehead atoms. The number of Topliss-reactive ketones (excluding diaryl/α,β-unsaturated/α-hetero) is 1. The van der Waals surface area contributed by atoms with Gasteiger partial charge in [-0.3, -0.25) is 4.79 Å². The van der Waals surface area contributed by atoms with Crippen LogP contribution in [0.3, 0.4) is 0 Å². The van der Waals surface area contributed by atoms with Crippen molar-refractivity contribution in [3.05, 3.63) is 12.8 Å². The van der Waals surface area contributed by atoms with Crippen LogP contribution in [0.15, 0.2) is 12.8 Å². The highest BCUT2D eigenvalue weighted by Gasteiger charge is 2.13. The van der Waals surface area contributed by atoms with Crippen LogP contribution in [0.2, 0.25) is 0 Å². The molecule has 0 spiro atoms. The molecule has 0 amide bonds. The second kappa shape index (κ2) is 15.3.